The van der Waals surface area contributed by atoms with Crippen molar-refractivity contribution in [3.63, 3.8) is 0 Å². The van der Waals surface area contributed by atoms with Gasteiger partial charge >= 0.3 is 0 Å². The number of hydrogen-bond acceptors (Lipinski definition) is 4. The zero-order valence-electron chi connectivity index (χ0n) is 18.1. The number of Topliss-reactive ketones (excluding diaryl/α,β-unsaturated/α-hetero) is 1. The van der Waals surface area contributed by atoms with Crippen LogP contribution in [0.2, 0.25) is 0 Å². The van der Waals surface area contributed by atoms with Gasteiger partial charge in [-0.1, -0.05) is 46.0 Å². The molecule has 0 radical (unpaired) electrons. The van der Waals surface area contributed by atoms with E-state index in [2.05, 4.69) is 15.9 Å². The maximum atomic E-state index is 13.4. The molecule has 1 saturated heterocycles. The van der Waals surface area contributed by atoms with Crippen LogP contribution in [0.3, 0.4) is 0 Å². The molecule has 0 spiro atoms. The minimum atomic E-state index is -0.730. The van der Waals surface area contributed by atoms with Gasteiger partial charge in [0.1, 0.15) is 5.75 Å². The molecule has 2 aromatic rings. The molecule has 31 heavy (non-hydrogen) atoms. The van der Waals surface area contributed by atoms with Gasteiger partial charge < -0.3 is 19.6 Å². The molecule has 164 valence electrons. The molecule has 7 heteroatoms. The molecule has 0 aliphatic carbocycles. The number of likely N-dealkylation sites (N-methyl/N-ethyl adjacent to an activating group) is 1. The van der Waals surface area contributed by atoms with E-state index in [-0.39, 0.29) is 11.7 Å². The third-order valence-corrected chi connectivity index (χ3v) is 5.53. The Morgan fingerprint density at radius 2 is 1.84 bits per heavy atom. The van der Waals surface area contributed by atoms with E-state index in [1.54, 1.807) is 24.3 Å². The van der Waals surface area contributed by atoms with Gasteiger partial charge in [-0.25, -0.2) is 0 Å². The molecular weight excluding hydrogens is 460 g/mol. The standard InChI is InChI=1S/C24H27BrN2O4/c1-15(2)31-19-10-8-16(9-11-19)22(28)20-21(17-6-5-7-18(25)14-17)27(13-12-26(3)4)24(30)23(20)29/h5-11,14-15,21,28H,12-13H2,1-4H3. The first kappa shape index (κ1) is 23.0. The van der Waals surface area contributed by atoms with Crippen LogP contribution in [-0.2, 0) is 9.59 Å². The highest BCUT2D eigenvalue weighted by atomic mass is 79.9. The average Bonchev–Trinajstić information content (AvgIpc) is 2.96. The number of likely N-dealkylation sites (tertiary alicyclic amines) is 1. The van der Waals surface area contributed by atoms with Crippen molar-refractivity contribution in [3.8, 4) is 5.75 Å². The predicted molar refractivity (Wildman–Crippen MR) is 120 cm³/mol. The second-order valence-corrected chi connectivity index (χ2v) is 9.09. The molecule has 0 bridgehead atoms. The van der Waals surface area contributed by atoms with E-state index in [1.807, 2.05) is 52.2 Å². The van der Waals surface area contributed by atoms with E-state index >= 15 is 0 Å². The molecule has 0 saturated carbocycles. The lowest BCUT2D eigenvalue weighted by Gasteiger charge is -2.28. The third kappa shape index (κ3) is 5.17. The van der Waals surface area contributed by atoms with Crippen molar-refractivity contribution in [2.24, 2.45) is 0 Å². The summed E-state index contributed by atoms with van der Waals surface area (Å²) in [6.07, 6.45) is 0.0123. The number of ether oxygens (including phenoxy) is 1. The van der Waals surface area contributed by atoms with Crippen molar-refractivity contribution in [3.05, 3.63) is 69.7 Å². The summed E-state index contributed by atoms with van der Waals surface area (Å²) in [6, 6.07) is 13.4. The minimum absolute atomic E-state index is 0.00520. The Balaban J connectivity index is 2.08. The summed E-state index contributed by atoms with van der Waals surface area (Å²) in [5, 5.41) is 13.4. The number of hydrogen-bond donors (Lipinski definition) is 1. The van der Waals surface area contributed by atoms with Gasteiger partial charge in [-0.3, -0.25) is 9.59 Å². The normalized spacial score (nSPS) is 18.3. The maximum Gasteiger partial charge on any atom is 0.295 e. The monoisotopic (exact) mass is 486 g/mol. The molecule has 2 aromatic carbocycles. The Hall–Kier alpha value is -2.64. The van der Waals surface area contributed by atoms with Crippen LogP contribution < -0.4 is 14.7 Å². The van der Waals surface area contributed by atoms with E-state index in [4.69, 9.17) is 4.74 Å². The summed E-state index contributed by atoms with van der Waals surface area (Å²) in [7, 11) is 3.96. The van der Waals surface area contributed by atoms with E-state index in [9.17, 15) is 14.7 Å². The van der Waals surface area contributed by atoms with Gasteiger partial charge in [-0.15, -0.1) is 0 Å². The van der Waals surface area contributed by atoms with Crippen LogP contribution in [0.4, 0.5) is 0 Å². The van der Waals surface area contributed by atoms with Crippen molar-refractivity contribution < 1.29 is 24.3 Å². The van der Waals surface area contributed by atoms with E-state index in [0.29, 0.717) is 24.4 Å². The highest BCUT2D eigenvalue weighted by molar-refractivity contribution is 9.10. The molecule has 1 atom stereocenters. The van der Waals surface area contributed by atoms with E-state index in [0.717, 1.165) is 14.9 Å². The van der Waals surface area contributed by atoms with Crippen LogP contribution in [0, 0.1) is 0 Å². The maximum absolute atomic E-state index is 13.4. The molecule has 3 rings (SSSR count). The summed E-state index contributed by atoms with van der Waals surface area (Å²) in [4.78, 5) is 28.5. The topological polar surface area (TPSA) is 74.1 Å². The Morgan fingerprint density at radius 3 is 2.42 bits per heavy atom. The van der Waals surface area contributed by atoms with Crippen LogP contribution in [-0.4, -0.2) is 49.9 Å². The molecular formula is C24H27BrN2O4. The highest BCUT2D eigenvalue weighted by Crippen LogP contribution is 2.39. The Kier molecular flexibility index (Phi) is 7.18. The summed E-state index contributed by atoms with van der Waals surface area (Å²) in [5.74, 6) is -1.15. The number of nitrogens with zero attached hydrogens (tertiary/aromatic N) is 1. The molecule has 6 nitrogen and oxygen atoms in total. The number of rotatable bonds is 7. The first-order valence-electron chi connectivity index (χ1n) is 10.3. The largest absolute Gasteiger partial charge is 0.872 e. The number of carbonyl (C=O) groups is 2. The quantitative estimate of drug-likeness (QED) is 0.366. The number of ketones is 1. The zero-order valence-corrected chi connectivity index (χ0v) is 19.7. The van der Waals surface area contributed by atoms with Gasteiger partial charge in [0.05, 0.1) is 39.3 Å². The first-order chi connectivity index (χ1) is 14.7. The van der Waals surface area contributed by atoms with Crippen molar-refractivity contribution in [1.82, 2.24) is 4.90 Å². The molecule has 1 fully saturated rings. The van der Waals surface area contributed by atoms with Gasteiger partial charge in [-0.2, -0.15) is 0 Å². The number of carbonyl (C=O) groups excluding carboxylic acids is 2. The highest BCUT2D eigenvalue weighted by Gasteiger charge is 2.44. The van der Waals surface area contributed by atoms with Gasteiger partial charge in [0, 0.05) is 10.0 Å². The van der Waals surface area contributed by atoms with Gasteiger partial charge in [-0.05, 0) is 49.2 Å². The van der Waals surface area contributed by atoms with Gasteiger partial charge in [0.25, 0.3) is 5.91 Å². The summed E-state index contributed by atoms with van der Waals surface area (Å²) < 4.78 is 6.45. The Morgan fingerprint density at radius 1 is 1.16 bits per heavy atom. The fraction of sp³-hybridized carbons (Fsp3) is 0.333. The zero-order chi connectivity index (χ0) is 22.7. The van der Waals surface area contributed by atoms with Gasteiger partial charge in [0.15, 0.2) is 0 Å². The number of quaternary nitrogens is 1. The van der Waals surface area contributed by atoms with Crippen LogP contribution in [0.1, 0.15) is 31.0 Å². The number of amides is 1. The summed E-state index contributed by atoms with van der Waals surface area (Å²) in [5.41, 5.74) is 1.08. The molecule has 1 amide bonds. The average molecular weight is 487 g/mol. The molecule has 0 aromatic heterocycles. The van der Waals surface area contributed by atoms with Crippen LogP contribution in [0.25, 0.3) is 5.76 Å². The summed E-state index contributed by atoms with van der Waals surface area (Å²) >= 11 is 3.45. The van der Waals surface area contributed by atoms with E-state index in [1.165, 1.54) is 4.90 Å². The van der Waals surface area contributed by atoms with Crippen LogP contribution >= 0.6 is 15.9 Å². The fourth-order valence-electron chi connectivity index (χ4n) is 3.58. The molecule has 1 N–H and O–H groups in total. The minimum Gasteiger partial charge on any atom is -0.872 e. The Bertz CT molecular complexity index is 999. The lowest BCUT2D eigenvalue weighted by atomic mass is 9.95. The van der Waals surface area contributed by atoms with Gasteiger partial charge in [0.2, 0.25) is 5.78 Å². The first-order valence-corrected chi connectivity index (χ1v) is 11.1. The number of nitrogens with one attached hydrogen (secondary N) is 1. The van der Waals surface area contributed by atoms with Crippen molar-refractivity contribution in [2.45, 2.75) is 26.0 Å². The van der Waals surface area contributed by atoms with Crippen molar-refractivity contribution in [1.29, 1.82) is 0 Å². The molecule has 1 aliphatic rings. The SMILES string of the molecule is CC(C)Oc1ccc(C([O-])=C2C(=O)C(=O)N(CC[NH+](C)C)C2c2cccc(Br)c2)cc1. The second kappa shape index (κ2) is 9.66. The predicted octanol–water partition coefficient (Wildman–Crippen LogP) is 1.60. The lowest BCUT2D eigenvalue weighted by Crippen LogP contribution is -3.06. The van der Waals surface area contributed by atoms with Crippen molar-refractivity contribution >= 4 is 33.4 Å². The third-order valence-electron chi connectivity index (χ3n) is 5.03. The smallest absolute Gasteiger partial charge is 0.295 e. The molecule has 1 aliphatic heterocycles. The Labute approximate surface area is 191 Å². The lowest BCUT2D eigenvalue weighted by molar-refractivity contribution is -0.857. The van der Waals surface area contributed by atoms with E-state index < -0.39 is 23.5 Å². The van der Waals surface area contributed by atoms with Crippen LogP contribution in [0.15, 0.2) is 58.6 Å². The second-order valence-electron chi connectivity index (χ2n) is 8.18. The number of halogens is 1. The van der Waals surface area contributed by atoms with Crippen LogP contribution in [0.5, 0.6) is 5.75 Å². The molecule has 1 heterocycles. The number of benzene rings is 2. The fourth-order valence-corrected chi connectivity index (χ4v) is 4.00. The molecule has 1 unspecified atom stereocenters. The van der Waals surface area contributed by atoms with Crippen molar-refractivity contribution in [2.75, 3.05) is 27.2 Å². The summed E-state index contributed by atoms with van der Waals surface area (Å²) in [6.45, 7) is 4.88.